The molecule has 0 aliphatic heterocycles. The second kappa shape index (κ2) is 11.6. The van der Waals surface area contributed by atoms with E-state index < -0.39 is 17.5 Å². The van der Waals surface area contributed by atoms with Gasteiger partial charge in [0.1, 0.15) is 11.4 Å². The average Bonchev–Trinajstić information content (AvgIpc) is 3.27. The summed E-state index contributed by atoms with van der Waals surface area (Å²) in [5.41, 5.74) is 13.3. The summed E-state index contributed by atoms with van der Waals surface area (Å²) < 4.78 is 0. The van der Waals surface area contributed by atoms with Gasteiger partial charge >= 0.3 is 0 Å². The van der Waals surface area contributed by atoms with Crippen molar-refractivity contribution in [3.63, 3.8) is 0 Å². The third kappa shape index (κ3) is 6.35. The van der Waals surface area contributed by atoms with Gasteiger partial charge in [-0.2, -0.15) is 0 Å². The minimum Gasteiger partial charge on any atom is -0.384 e. The first-order valence-electron chi connectivity index (χ1n) is 12.9. The summed E-state index contributed by atoms with van der Waals surface area (Å²) in [7, 11) is 0. The minimum atomic E-state index is -1.14. The smallest absolute Gasteiger partial charge is 0.246 e. The number of carbonyl (C=O) groups excluding carboxylic acids is 3. The van der Waals surface area contributed by atoms with Gasteiger partial charge in [0.05, 0.1) is 12.6 Å². The van der Waals surface area contributed by atoms with Crippen LogP contribution in [0.1, 0.15) is 54.4 Å². The molecule has 2 aromatic carbocycles. The SMILES string of the molecule is N=C(N)c1ccc(CNC(=O)C2(NC(=O)[C@H](NCC(N)=O)C3CCCCC3)Cc3ccccc3C2)cc1. The number of hydrogen-bond acceptors (Lipinski definition) is 5. The zero-order valence-corrected chi connectivity index (χ0v) is 21.0. The lowest BCUT2D eigenvalue weighted by molar-refractivity contribution is -0.135. The van der Waals surface area contributed by atoms with E-state index in [1.165, 1.54) is 0 Å². The second-order valence-corrected chi connectivity index (χ2v) is 10.2. The van der Waals surface area contributed by atoms with Gasteiger partial charge in [-0.25, -0.2) is 0 Å². The Balaban J connectivity index is 1.53. The molecule has 0 bridgehead atoms. The predicted octanol–water partition coefficient (Wildman–Crippen LogP) is 1.26. The highest BCUT2D eigenvalue weighted by Gasteiger charge is 2.46. The first-order valence-corrected chi connectivity index (χ1v) is 12.9. The number of rotatable bonds is 10. The molecule has 9 heteroatoms. The van der Waals surface area contributed by atoms with Crippen LogP contribution in [-0.4, -0.2) is 41.7 Å². The molecule has 0 spiro atoms. The van der Waals surface area contributed by atoms with E-state index in [9.17, 15) is 14.4 Å². The van der Waals surface area contributed by atoms with Crippen LogP contribution in [0.25, 0.3) is 0 Å². The Morgan fingerprint density at radius 2 is 1.57 bits per heavy atom. The number of nitrogens with one attached hydrogen (secondary N) is 4. The Kier molecular flexibility index (Phi) is 8.23. The second-order valence-electron chi connectivity index (χ2n) is 10.2. The molecule has 0 unspecified atom stereocenters. The van der Waals surface area contributed by atoms with Crippen LogP contribution in [0.4, 0.5) is 0 Å². The van der Waals surface area contributed by atoms with E-state index in [2.05, 4.69) is 16.0 Å². The fraction of sp³-hybridized carbons (Fsp3) is 0.429. The summed E-state index contributed by atoms with van der Waals surface area (Å²) in [5, 5.41) is 16.7. The third-order valence-corrected chi connectivity index (χ3v) is 7.52. The molecule has 0 aromatic heterocycles. The average molecular weight is 505 g/mol. The summed E-state index contributed by atoms with van der Waals surface area (Å²) in [6.07, 6.45) is 5.75. The third-order valence-electron chi connectivity index (χ3n) is 7.52. The number of benzene rings is 2. The molecule has 8 N–H and O–H groups in total. The Bertz CT molecular complexity index is 1130. The number of primary amides is 1. The first-order chi connectivity index (χ1) is 17.8. The van der Waals surface area contributed by atoms with Crippen molar-refractivity contribution in [2.45, 2.75) is 63.1 Å². The van der Waals surface area contributed by atoms with Crippen LogP contribution >= 0.6 is 0 Å². The van der Waals surface area contributed by atoms with E-state index in [0.717, 1.165) is 48.8 Å². The van der Waals surface area contributed by atoms with Gasteiger partial charge in [0.2, 0.25) is 17.7 Å². The standard InChI is InChI=1S/C28H36N6O3/c29-23(35)17-32-24(19-6-2-1-3-7-19)26(36)34-28(14-21-8-4-5-9-22(21)15-28)27(37)33-16-18-10-12-20(13-11-18)25(30)31/h4-5,8-13,19,24,32H,1-3,6-7,14-17H2,(H2,29,35)(H3,30,31)(H,33,37)(H,34,36)/t24-/m1/s1. The first kappa shape index (κ1) is 26.3. The molecular formula is C28H36N6O3. The highest BCUT2D eigenvalue weighted by atomic mass is 16.2. The van der Waals surface area contributed by atoms with Crippen LogP contribution in [0.2, 0.25) is 0 Å². The van der Waals surface area contributed by atoms with Gasteiger partial charge in [-0.3, -0.25) is 25.1 Å². The molecule has 37 heavy (non-hydrogen) atoms. The molecule has 0 saturated heterocycles. The van der Waals surface area contributed by atoms with Crippen molar-refractivity contribution >= 4 is 23.6 Å². The summed E-state index contributed by atoms with van der Waals surface area (Å²) in [4.78, 5) is 38.9. The normalized spacial score (nSPS) is 17.4. The van der Waals surface area contributed by atoms with Crippen LogP contribution in [-0.2, 0) is 33.8 Å². The van der Waals surface area contributed by atoms with Gasteiger partial charge in [0, 0.05) is 24.9 Å². The van der Waals surface area contributed by atoms with E-state index >= 15 is 0 Å². The molecule has 4 rings (SSSR count). The van der Waals surface area contributed by atoms with Crippen LogP contribution in [0.3, 0.4) is 0 Å². The lowest BCUT2D eigenvalue weighted by Crippen LogP contribution is -2.63. The van der Waals surface area contributed by atoms with Crippen molar-refractivity contribution in [1.29, 1.82) is 5.41 Å². The Labute approximate surface area is 217 Å². The van der Waals surface area contributed by atoms with Crippen molar-refractivity contribution in [2.24, 2.45) is 17.4 Å². The monoisotopic (exact) mass is 504 g/mol. The number of hydrogen-bond donors (Lipinski definition) is 6. The number of carbonyl (C=O) groups is 3. The Hall–Kier alpha value is -3.72. The Morgan fingerprint density at radius 3 is 2.14 bits per heavy atom. The molecule has 1 fully saturated rings. The molecule has 2 aliphatic rings. The predicted molar refractivity (Wildman–Crippen MR) is 142 cm³/mol. The molecule has 1 saturated carbocycles. The quantitative estimate of drug-likeness (QED) is 0.212. The maximum atomic E-state index is 13.7. The van der Waals surface area contributed by atoms with Gasteiger partial charge < -0.3 is 22.1 Å². The van der Waals surface area contributed by atoms with Crippen LogP contribution < -0.4 is 27.4 Å². The molecule has 2 aromatic rings. The largest absolute Gasteiger partial charge is 0.384 e. The molecule has 0 radical (unpaired) electrons. The van der Waals surface area contributed by atoms with E-state index in [1.54, 1.807) is 12.1 Å². The lowest BCUT2D eigenvalue weighted by Gasteiger charge is -2.35. The number of fused-ring (bicyclic) bond motifs is 1. The molecule has 9 nitrogen and oxygen atoms in total. The highest BCUT2D eigenvalue weighted by Crippen LogP contribution is 2.32. The van der Waals surface area contributed by atoms with E-state index in [1.807, 2.05) is 36.4 Å². The number of nitrogens with two attached hydrogens (primary N) is 2. The van der Waals surface area contributed by atoms with Crippen molar-refractivity contribution in [1.82, 2.24) is 16.0 Å². The minimum absolute atomic E-state index is 0.0153. The fourth-order valence-corrected chi connectivity index (χ4v) is 5.54. The number of amides is 3. The molecule has 1 atom stereocenters. The van der Waals surface area contributed by atoms with Crippen LogP contribution in [0, 0.1) is 11.3 Å². The number of nitrogen functional groups attached to an aromatic ring is 1. The van der Waals surface area contributed by atoms with Crippen LogP contribution in [0.5, 0.6) is 0 Å². The lowest BCUT2D eigenvalue weighted by atomic mass is 9.82. The molecule has 2 aliphatic carbocycles. The molecule has 3 amide bonds. The molecule has 0 heterocycles. The maximum Gasteiger partial charge on any atom is 0.246 e. The maximum absolute atomic E-state index is 13.7. The Morgan fingerprint density at radius 1 is 0.946 bits per heavy atom. The summed E-state index contributed by atoms with van der Waals surface area (Å²) >= 11 is 0. The fourth-order valence-electron chi connectivity index (χ4n) is 5.54. The zero-order chi connectivity index (χ0) is 26.4. The van der Waals surface area contributed by atoms with Gasteiger partial charge in [0.25, 0.3) is 0 Å². The van der Waals surface area contributed by atoms with Gasteiger partial charge in [-0.15, -0.1) is 0 Å². The topological polar surface area (TPSA) is 163 Å². The molecule has 196 valence electrons. The van der Waals surface area contributed by atoms with Crippen molar-refractivity contribution in [3.8, 4) is 0 Å². The van der Waals surface area contributed by atoms with Crippen molar-refractivity contribution in [3.05, 3.63) is 70.8 Å². The molecular weight excluding hydrogens is 468 g/mol. The highest BCUT2D eigenvalue weighted by molar-refractivity contribution is 5.95. The number of amidine groups is 1. The van der Waals surface area contributed by atoms with E-state index in [4.69, 9.17) is 16.9 Å². The van der Waals surface area contributed by atoms with E-state index in [0.29, 0.717) is 18.4 Å². The van der Waals surface area contributed by atoms with Crippen molar-refractivity contribution in [2.75, 3.05) is 6.54 Å². The summed E-state index contributed by atoms with van der Waals surface area (Å²) in [6.45, 7) is 0.182. The summed E-state index contributed by atoms with van der Waals surface area (Å²) in [6, 6.07) is 14.4. The zero-order valence-electron chi connectivity index (χ0n) is 21.0. The van der Waals surface area contributed by atoms with E-state index in [-0.39, 0.29) is 36.7 Å². The van der Waals surface area contributed by atoms with Gasteiger partial charge in [0.15, 0.2) is 0 Å². The van der Waals surface area contributed by atoms with Gasteiger partial charge in [-0.05, 0) is 35.4 Å². The van der Waals surface area contributed by atoms with Crippen LogP contribution in [0.15, 0.2) is 48.5 Å². The summed E-state index contributed by atoms with van der Waals surface area (Å²) in [5.74, 6) is -0.993. The van der Waals surface area contributed by atoms with Gasteiger partial charge in [-0.1, -0.05) is 67.8 Å². The van der Waals surface area contributed by atoms with Crippen molar-refractivity contribution < 1.29 is 14.4 Å².